The Morgan fingerprint density at radius 2 is 2.00 bits per heavy atom. The van der Waals surface area contributed by atoms with Crippen LogP contribution in [0.15, 0.2) is 46.9 Å². The molecule has 0 bridgehead atoms. The fourth-order valence-corrected chi connectivity index (χ4v) is 3.14. The van der Waals surface area contributed by atoms with Gasteiger partial charge in [-0.1, -0.05) is 58.7 Å². The first-order valence-corrected chi connectivity index (χ1v) is 8.18. The summed E-state index contributed by atoms with van der Waals surface area (Å²) in [4.78, 5) is 0. The third-order valence-corrected chi connectivity index (χ3v) is 4.42. The van der Waals surface area contributed by atoms with Gasteiger partial charge in [0.15, 0.2) is 0 Å². The van der Waals surface area contributed by atoms with Crippen LogP contribution in [-0.4, -0.2) is 13.1 Å². The van der Waals surface area contributed by atoms with Gasteiger partial charge in [0.2, 0.25) is 0 Å². The Morgan fingerprint density at radius 1 is 1.24 bits per heavy atom. The van der Waals surface area contributed by atoms with Crippen molar-refractivity contribution >= 4 is 27.5 Å². The van der Waals surface area contributed by atoms with Crippen LogP contribution in [0.4, 0.5) is 4.39 Å². The summed E-state index contributed by atoms with van der Waals surface area (Å²) in [5.74, 6) is -0.0350. The Bertz CT molecular complexity index is 603. The van der Waals surface area contributed by atoms with Gasteiger partial charge in [0.05, 0.1) is 0 Å². The zero-order valence-corrected chi connectivity index (χ0v) is 14.2. The van der Waals surface area contributed by atoms with E-state index >= 15 is 0 Å². The smallest absolute Gasteiger partial charge is 0.127 e. The molecular formula is C17H18BrClFN. The summed E-state index contributed by atoms with van der Waals surface area (Å²) in [7, 11) is 0. The van der Waals surface area contributed by atoms with E-state index in [9.17, 15) is 4.39 Å². The second-order valence-corrected chi connectivity index (χ2v) is 6.26. The Hall–Kier alpha value is -0.900. The fraction of sp³-hybridized carbons (Fsp3) is 0.294. The van der Waals surface area contributed by atoms with Crippen molar-refractivity contribution < 1.29 is 4.39 Å². The minimum atomic E-state index is -0.240. The number of hydrogen-bond donors (Lipinski definition) is 1. The Kier molecular flexibility index (Phi) is 6.22. The predicted octanol–water partition coefficient (Wildman–Crippen LogP) is 5.18. The van der Waals surface area contributed by atoms with Crippen molar-refractivity contribution in [1.29, 1.82) is 0 Å². The molecule has 4 heteroatoms. The molecule has 0 aliphatic carbocycles. The van der Waals surface area contributed by atoms with E-state index in [1.165, 1.54) is 11.6 Å². The molecular weight excluding hydrogens is 353 g/mol. The number of rotatable bonds is 6. The lowest BCUT2D eigenvalue weighted by Gasteiger charge is -2.20. The van der Waals surface area contributed by atoms with Crippen LogP contribution in [0, 0.1) is 5.82 Å². The van der Waals surface area contributed by atoms with E-state index in [4.69, 9.17) is 11.6 Å². The molecule has 0 heterocycles. The average molecular weight is 371 g/mol. The first-order valence-electron chi connectivity index (χ1n) is 7.01. The van der Waals surface area contributed by atoms with Gasteiger partial charge in [0.25, 0.3) is 0 Å². The standard InChI is InChI=1S/C17H18BrClFN/c1-2-21-11-13(15-5-3-4-6-16(15)18)9-12-7-8-14(19)10-17(12)20/h3-8,10,13,21H,2,9,11H2,1H3. The van der Waals surface area contributed by atoms with Crippen LogP contribution < -0.4 is 5.32 Å². The third-order valence-electron chi connectivity index (χ3n) is 3.47. The summed E-state index contributed by atoms with van der Waals surface area (Å²) in [6, 6.07) is 13.0. The summed E-state index contributed by atoms with van der Waals surface area (Å²) >= 11 is 9.41. The highest BCUT2D eigenvalue weighted by atomic mass is 79.9. The average Bonchev–Trinajstić information content (AvgIpc) is 2.46. The van der Waals surface area contributed by atoms with Crippen LogP contribution in [0.3, 0.4) is 0 Å². The summed E-state index contributed by atoms with van der Waals surface area (Å²) in [6.45, 7) is 3.77. The van der Waals surface area contributed by atoms with Crippen LogP contribution in [-0.2, 0) is 6.42 Å². The molecule has 0 amide bonds. The first-order chi connectivity index (χ1) is 10.1. The summed E-state index contributed by atoms with van der Waals surface area (Å²) < 4.78 is 15.1. The second kappa shape index (κ2) is 7.92. The minimum absolute atomic E-state index is 0.205. The molecule has 1 nitrogen and oxygen atoms in total. The molecule has 21 heavy (non-hydrogen) atoms. The fourth-order valence-electron chi connectivity index (χ4n) is 2.37. The van der Waals surface area contributed by atoms with Gasteiger partial charge in [-0.25, -0.2) is 4.39 Å². The molecule has 1 N–H and O–H groups in total. The van der Waals surface area contributed by atoms with Gasteiger partial charge in [-0.3, -0.25) is 0 Å². The predicted molar refractivity (Wildman–Crippen MR) is 90.5 cm³/mol. The maximum absolute atomic E-state index is 14.0. The van der Waals surface area contributed by atoms with Crippen molar-refractivity contribution in [3.05, 3.63) is 68.9 Å². The maximum Gasteiger partial charge on any atom is 0.127 e. The van der Waals surface area contributed by atoms with Crippen LogP contribution in [0.1, 0.15) is 24.0 Å². The molecule has 0 aliphatic rings. The molecule has 2 rings (SSSR count). The lowest BCUT2D eigenvalue weighted by atomic mass is 9.91. The second-order valence-electron chi connectivity index (χ2n) is 4.97. The quantitative estimate of drug-likeness (QED) is 0.739. The van der Waals surface area contributed by atoms with E-state index in [-0.39, 0.29) is 11.7 Å². The zero-order chi connectivity index (χ0) is 15.2. The number of nitrogens with one attached hydrogen (secondary N) is 1. The molecule has 0 saturated heterocycles. The van der Waals surface area contributed by atoms with Gasteiger partial charge in [0, 0.05) is 22.0 Å². The van der Waals surface area contributed by atoms with E-state index in [0.717, 1.165) is 17.6 Å². The topological polar surface area (TPSA) is 12.0 Å². The zero-order valence-electron chi connectivity index (χ0n) is 11.9. The molecule has 1 unspecified atom stereocenters. The van der Waals surface area contributed by atoms with Gasteiger partial charge in [-0.15, -0.1) is 0 Å². The summed E-state index contributed by atoms with van der Waals surface area (Å²) in [5.41, 5.74) is 1.88. The van der Waals surface area contributed by atoms with Gasteiger partial charge >= 0.3 is 0 Å². The van der Waals surface area contributed by atoms with Crippen molar-refractivity contribution in [2.45, 2.75) is 19.3 Å². The summed E-state index contributed by atoms with van der Waals surface area (Å²) in [6.07, 6.45) is 0.638. The molecule has 0 aliphatic heterocycles. The number of hydrogen-bond acceptors (Lipinski definition) is 1. The van der Waals surface area contributed by atoms with E-state index in [0.29, 0.717) is 17.0 Å². The van der Waals surface area contributed by atoms with Crippen LogP contribution in [0.5, 0.6) is 0 Å². The molecule has 2 aromatic rings. The van der Waals surface area contributed by atoms with Crippen LogP contribution >= 0.6 is 27.5 Å². The van der Waals surface area contributed by atoms with Gasteiger partial charge in [-0.05, 0) is 42.3 Å². The van der Waals surface area contributed by atoms with Crippen LogP contribution in [0.25, 0.3) is 0 Å². The van der Waals surface area contributed by atoms with Crippen molar-refractivity contribution in [1.82, 2.24) is 5.32 Å². The lowest BCUT2D eigenvalue weighted by molar-refractivity contribution is 0.561. The largest absolute Gasteiger partial charge is 0.316 e. The third kappa shape index (κ3) is 4.53. The lowest BCUT2D eigenvalue weighted by Crippen LogP contribution is -2.23. The van der Waals surface area contributed by atoms with Crippen molar-refractivity contribution in [2.75, 3.05) is 13.1 Å². The normalized spacial score (nSPS) is 12.4. The highest BCUT2D eigenvalue weighted by Crippen LogP contribution is 2.28. The van der Waals surface area contributed by atoms with E-state index in [1.54, 1.807) is 12.1 Å². The van der Waals surface area contributed by atoms with E-state index in [1.807, 2.05) is 18.2 Å². The number of halogens is 3. The highest BCUT2D eigenvalue weighted by molar-refractivity contribution is 9.10. The summed E-state index contributed by atoms with van der Waals surface area (Å²) in [5, 5.41) is 3.79. The molecule has 0 fully saturated rings. The highest BCUT2D eigenvalue weighted by Gasteiger charge is 2.16. The van der Waals surface area contributed by atoms with Crippen molar-refractivity contribution in [2.24, 2.45) is 0 Å². The molecule has 0 saturated carbocycles. The van der Waals surface area contributed by atoms with E-state index < -0.39 is 0 Å². The molecule has 0 radical (unpaired) electrons. The monoisotopic (exact) mass is 369 g/mol. The van der Waals surface area contributed by atoms with Crippen molar-refractivity contribution in [3.8, 4) is 0 Å². The molecule has 0 aromatic heterocycles. The minimum Gasteiger partial charge on any atom is -0.316 e. The number of benzene rings is 2. The van der Waals surface area contributed by atoms with Crippen LogP contribution in [0.2, 0.25) is 5.02 Å². The first kappa shape index (κ1) is 16.5. The molecule has 2 aromatic carbocycles. The van der Waals surface area contributed by atoms with Crippen molar-refractivity contribution in [3.63, 3.8) is 0 Å². The maximum atomic E-state index is 14.0. The van der Waals surface area contributed by atoms with E-state index in [2.05, 4.69) is 34.2 Å². The molecule has 112 valence electrons. The SMILES string of the molecule is CCNCC(Cc1ccc(Cl)cc1F)c1ccccc1Br. The molecule has 0 spiro atoms. The Balaban J connectivity index is 2.26. The Morgan fingerprint density at radius 3 is 2.67 bits per heavy atom. The number of likely N-dealkylation sites (N-methyl/N-ethyl adjacent to an activating group) is 1. The Labute approximate surface area is 138 Å². The molecule has 1 atom stereocenters. The van der Waals surface area contributed by atoms with Gasteiger partial charge < -0.3 is 5.32 Å². The van der Waals surface area contributed by atoms with Gasteiger partial charge in [0.1, 0.15) is 5.82 Å². The van der Waals surface area contributed by atoms with Gasteiger partial charge in [-0.2, -0.15) is 0 Å².